The highest BCUT2D eigenvalue weighted by Crippen LogP contribution is 2.23. The molecule has 0 saturated carbocycles. The van der Waals surface area contributed by atoms with Gasteiger partial charge in [0.2, 0.25) is 0 Å². The van der Waals surface area contributed by atoms with Gasteiger partial charge in [0.15, 0.2) is 0 Å². The molecule has 2 aromatic rings. The molecule has 2 aromatic carbocycles. The van der Waals surface area contributed by atoms with Crippen molar-refractivity contribution in [2.75, 3.05) is 18.5 Å². The molecule has 0 unspecified atom stereocenters. The molecule has 0 aliphatic rings. The molecule has 0 aliphatic carbocycles. The molecule has 0 atom stereocenters. The van der Waals surface area contributed by atoms with Crippen molar-refractivity contribution in [1.29, 1.82) is 0 Å². The zero-order valence-corrected chi connectivity index (χ0v) is 11.9. The van der Waals surface area contributed by atoms with E-state index < -0.39 is 0 Å². The van der Waals surface area contributed by atoms with Crippen molar-refractivity contribution in [2.45, 2.75) is 13.0 Å². The maximum Gasteiger partial charge on any atom is 0.0410 e. The third-order valence-electron chi connectivity index (χ3n) is 3.25. The molecule has 19 heavy (non-hydrogen) atoms. The zero-order valence-electron chi connectivity index (χ0n) is 11.1. The normalized spacial score (nSPS) is 10.5. The van der Waals surface area contributed by atoms with E-state index in [-0.39, 0.29) is 0 Å². The second-order valence-corrected chi connectivity index (χ2v) is 5.07. The Balaban J connectivity index is 2.05. The van der Waals surface area contributed by atoms with Crippen LogP contribution in [0.3, 0.4) is 0 Å². The number of nitrogens with two attached hydrogens (primary N) is 1. The maximum absolute atomic E-state index is 6.00. The van der Waals surface area contributed by atoms with E-state index in [1.807, 2.05) is 24.3 Å². The number of anilines is 1. The molecule has 0 aromatic heterocycles. The monoisotopic (exact) mass is 274 g/mol. The lowest BCUT2D eigenvalue weighted by Crippen LogP contribution is -2.22. The van der Waals surface area contributed by atoms with E-state index in [4.69, 9.17) is 17.3 Å². The first-order valence-corrected chi connectivity index (χ1v) is 6.82. The van der Waals surface area contributed by atoms with E-state index in [1.165, 1.54) is 5.56 Å². The van der Waals surface area contributed by atoms with E-state index in [1.54, 1.807) is 0 Å². The molecule has 0 radical (unpaired) electrons. The van der Waals surface area contributed by atoms with Gasteiger partial charge in [-0.15, -0.1) is 0 Å². The van der Waals surface area contributed by atoms with Gasteiger partial charge in [-0.1, -0.05) is 41.9 Å². The molecule has 2 nitrogen and oxygen atoms in total. The fourth-order valence-corrected chi connectivity index (χ4v) is 2.35. The maximum atomic E-state index is 6.00. The Bertz CT molecular complexity index is 526. The van der Waals surface area contributed by atoms with E-state index in [0.717, 1.165) is 29.2 Å². The first-order valence-electron chi connectivity index (χ1n) is 6.44. The van der Waals surface area contributed by atoms with Gasteiger partial charge in [0.1, 0.15) is 0 Å². The molecule has 100 valence electrons. The predicted octanol–water partition coefficient (Wildman–Crippen LogP) is 3.48. The number of hydrogen-bond acceptors (Lipinski definition) is 2. The Morgan fingerprint density at radius 1 is 1.11 bits per heavy atom. The molecule has 0 amide bonds. The fraction of sp³-hybridized carbons (Fsp3) is 0.250. The highest BCUT2D eigenvalue weighted by Gasteiger charge is 2.07. The van der Waals surface area contributed by atoms with E-state index in [2.05, 4.69) is 36.2 Å². The lowest BCUT2D eigenvalue weighted by atomic mass is 10.1. The topological polar surface area (TPSA) is 29.3 Å². The van der Waals surface area contributed by atoms with Crippen LogP contribution in [0.25, 0.3) is 0 Å². The average molecular weight is 275 g/mol. The van der Waals surface area contributed by atoms with Crippen molar-refractivity contribution >= 4 is 17.3 Å². The van der Waals surface area contributed by atoms with Crippen LogP contribution in [0.2, 0.25) is 5.02 Å². The van der Waals surface area contributed by atoms with Crippen LogP contribution in [0.1, 0.15) is 11.1 Å². The lowest BCUT2D eigenvalue weighted by molar-refractivity contribution is 0.866. The molecule has 0 fully saturated rings. The number of nitrogens with zero attached hydrogens (tertiary/aromatic N) is 1. The molecule has 0 saturated heterocycles. The Kier molecular flexibility index (Phi) is 4.83. The number of likely N-dealkylation sites (N-methyl/N-ethyl adjacent to an activating group) is 1. The van der Waals surface area contributed by atoms with Crippen LogP contribution in [-0.4, -0.2) is 13.6 Å². The highest BCUT2D eigenvalue weighted by molar-refractivity contribution is 6.30. The van der Waals surface area contributed by atoms with Crippen LogP contribution in [0.15, 0.2) is 48.5 Å². The Hall–Kier alpha value is -1.51. The molecule has 2 N–H and O–H groups in total. The minimum Gasteiger partial charge on any atom is -0.374 e. The van der Waals surface area contributed by atoms with Gasteiger partial charge < -0.3 is 10.6 Å². The van der Waals surface area contributed by atoms with Gasteiger partial charge in [0, 0.05) is 30.8 Å². The van der Waals surface area contributed by atoms with Crippen molar-refractivity contribution < 1.29 is 0 Å². The van der Waals surface area contributed by atoms with Gasteiger partial charge in [-0.25, -0.2) is 0 Å². The van der Waals surface area contributed by atoms with Gasteiger partial charge in [0.25, 0.3) is 0 Å². The number of rotatable bonds is 5. The smallest absolute Gasteiger partial charge is 0.0410 e. The van der Waals surface area contributed by atoms with Crippen molar-refractivity contribution in [1.82, 2.24) is 0 Å². The van der Waals surface area contributed by atoms with Gasteiger partial charge >= 0.3 is 0 Å². The van der Waals surface area contributed by atoms with Crippen LogP contribution in [-0.2, 0) is 13.0 Å². The summed E-state index contributed by atoms with van der Waals surface area (Å²) in [6.07, 6.45) is 1.02. The molecule has 3 heteroatoms. The summed E-state index contributed by atoms with van der Waals surface area (Å²) < 4.78 is 0. The summed E-state index contributed by atoms with van der Waals surface area (Å²) in [7, 11) is 2.09. The Morgan fingerprint density at radius 2 is 1.84 bits per heavy atom. The van der Waals surface area contributed by atoms with Gasteiger partial charge in [-0.05, 0) is 35.7 Å². The minimum atomic E-state index is 0.506. The van der Waals surface area contributed by atoms with Crippen LogP contribution >= 0.6 is 11.6 Å². The first kappa shape index (κ1) is 13.9. The molecule has 2 rings (SSSR count). The van der Waals surface area contributed by atoms with Crippen molar-refractivity contribution in [3.8, 4) is 0 Å². The number of hydrogen-bond donors (Lipinski definition) is 1. The van der Waals surface area contributed by atoms with Crippen LogP contribution in [0.5, 0.6) is 0 Å². The van der Waals surface area contributed by atoms with Gasteiger partial charge in [-0.3, -0.25) is 0 Å². The van der Waals surface area contributed by atoms with Crippen molar-refractivity contribution in [3.05, 3.63) is 64.7 Å². The van der Waals surface area contributed by atoms with E-state index >= 15 is 0 Å². The third-order valence-corrected chi connectivity index (χ3v) is 3.49. The largest absolute Gasteiger partial charge is 0.374 e. The average Bonchev–Trinajstić information content (AvgIpc) is 2.45. The quantitative estimate of drug-likeness (QED) is 0.904. The van der Waals surface area contributed by atoms with Crippen molar-refractivity contribution in [3.63, 3.8) is 0 Å². The standard InChI is InChI=1S/C16H19ClN2/c1-19(10-9-13-5-3-2-4-6-13)16-8-7-15(17)11-14(16)12-18/h2-8,11H,9-10,12,18H2,1H3. The Labute approximate surface area is 119 Å². The van der Waals surface area contributed by atoms with Crippen molar-refractivity contribution in [2.24, 2.45) is 5.73 Å². The van der Waals surface area contributed by atoms with Gasteiger partial charge in [-0.2, -0.15) is 0 Å². The summed E-state index contributed by atoms with van der Waals surface area (Å²) in [6.45, 7) is 1.46. The molecule has 0 spiro atoms. The lowest BCUT2D eigenvalue weighted by Gasteiger charge is -2.22. The summed E-state index contributed by atoms with van der Waals surface area (Å²) in [4.78, 5) is 2.23. The van der Waals surface area contributed by atoms with Crippen LogP contribution < -0.4 is 10.6 Å². The second kappa shape index (κ2) is 6.60. The summed E-state index contributed by atoms with van der Waals surface area (Å²) in [5.74, 6) is 0. The molecular weight excluding hydrogens is 256 g/mol. The minimum absolute atomic E-state index is 0.506. The van der Waals surface area contributed by atoms with E-state index in [0.29, 0.717) is 6.54 Å². The molecular formula is C16H19ClN2. The van der Waals surface area contributed by atoms with Crippen LogP contribution in [0, 0.1) is 0 Å². The molecule has 0 heterocycles. The number of benzene rings is 2. The Morgan fingerprint density at radius 3 is 2.53 bits per heavy atom. The predicted molar refractivity (Wildman–Crippen MR) is 82.8 cm³/mol. The number of halogens is 1. The zero-order chi connectivity index (χ0) is 13.7. The highest BCUT2D eigenvalue weighted by atomic mass is 35.5. The summed E-state index contributed by atoms with van der Waals surface area (Å²) in [5.41, 5.74) is 9.37. The second-order valence-electron chi connectivity index (χ2n) is 4.63. The van der Waals surface area contributed by atoms with E-state index in [9.17, 15) is 0 Å². The fourth-order valence-electron chi connectivity index (χ4n) is 2.15. The molecule has 0 aliphatic heterocycles. The summed E-state index contributed by atoms with van der Waals surface area (Å²) >= 11 is 6.00. The summed E-state index contributed by atoms with van der Waals surface area (Å²) in [6, 6.07) is 16.4. The third kappa shape index (κ3) is 3.72. The summed E-state index contributed by atoms with van der Waals surface area (Å²) in [5, 5.41) is 0.737. The van der Waals surface area contributed by atoms with Gasteiger partial charge in [0.05, 0.1) is 0 Å². The van der Waals surface area contributed by atoms with Crippen LogP contribution in [0.4, 0.5) is 5.69 Å². The SMILES string of the molecule is CN(CCc1ccccc1)c1ccc(Cl)cc1CN. The first-order chi connectivity index (χ1) is 9.20. The molecule has 0 bridgehead atoms.